The van der Waals surface area contributed by atoms with Crippen molar-refractivity contribution < 1.29 is 14.6 Å². The molecule has 0 aliphatic carbocycles. The number of imidazole rings is 1. The molecular weight excluding hydrogens is 524 g/mol. The number of hydrogen-bond acceptors (Lipinski definition) is 10. The first-order valence-corrected chi connectivity index (χ1v) is 13.0. The lowest BCUT2D eigenvalue weighted by Gasteiger charge is -2.47. The van der Waals surface area contributed by atoms with Crippen LogP contribution in [0.15, 0.2) is 18.3 Å². The molecular formula is C25H27ClN10O3. The number of amides is 1. The van der Waals surface area contributed by atoms with Gasteiger partial charge in [0.1, 0.15) is 6.07 Å². The van der Waals surface area contributed by atoms with Crippen molar-refractivity contribution in [3.05, 3.63) is 34.6 Å². The summed E-state index contributed by atoms with van der Waals surface area (Å²) in [5.74, 6) is 0.615. The minimum absolute atomic E-state index is 0.115. The highest BCUT2D eigenvalue weighted by molar-refractivity contribution is 6.36. The van der Waals surface area contributed by atoms with Crippen LogP contribution in [0.25, 0.3) is 5.65 Å². The number of anilines is 4. The number of fused-ring (bicyclic) bond motifs is 1. The van der Waals surface area contributed by atoms with E-state index >= 15 is 0 Å². The van der Waals surface area contributed by atoms with Crippen LogP contribution >= 0.6 is 11.6 Å². The molecule has 1 aromatic carbocycles. The van der Waals surface area contributed by atoms with E-state index in [4.69, 9.17) is 16.3 Å². The molecule has 2 saturated heterocycles. The number of carbonyl (C=O) groups is 1. The Hall–Kier alpha value is -4.33. The summed E-state index contributed by atoms with van der Waals surface area (Å²) in [6.45, 7) is 5.93. The van der Waals surface area contributed by atoms with Crippen molar-refractivity contribution in [2.24, 2.45) is 0 Å². The first kappa shape index (κ1) is 26.3. The third kappa shape index (κ3) is 4.94. The van der Waals surface area contributed by atoms with Crippen LogP contribution in [0, 0.1) is 22.7 Å². The average Bonchev–Trinajstić information content (AvgIpc) is 3.35. The van der Waals surface area contributed by atoms with E-state index in [1.807, 2.05) is 13.8 Å². The molecule has 202 valence electrons. The van der Waals surface area contributed by atoms with Gasteiger partial charge in [-0.25, -0.2) is 9.78 Å². The Morgan fingerprint density at radius 1 is 1.31 bits per heavy atom. The molecule has 0 radical (unpaired) electrons. The predicted octanol–water partition coefficient (Wildman–Crippen LogP) is 3.43. The van der Waals surface area contributed by atoms with Crippen LogP contribution in [0.4, 0.5) is 27.9 Å². The van der Waals surface area contributed by atoms with E-state index in [0.717, 1.165) is 0 Å². The monoisotopic (exact) mass is 550 g/mol. The highest BCUT2D eigenvalue weighted by Gasteiger charge is 2.41. The van der Waals surface area contributed by atoms with Crippen LogP contribution in [0.2, 0.25) is 5.02 Å². The SMILES string of the molecule is CCNc1nc(Nc2cc(C#N)cc(N3CCC(N(C(=O)O)C4COC4C)CC3)c2Cl)nn2c(C#N)cnc12. The molecule has 39 heavy (non-hydrogen) atoms. The van der Waals surface area contributed by atoms with Crippen LogP contribution in [0.1, 0.15) is 37.9 Å². The van der Waals surface area contributed by atoms with Gasteiger partial charge in [-0.1, -0.05) is 11.6 Å². The highest BCUT2D eigenvalue weighted by atomic mass is 35.5. The van der Waals surface area contributed by atoms with Gasteiger partial charge in [0, 0.05) is 25.7 Å². The summed E-state index contributed by atoms with van der Waals surface area (Å²) in [7, 11) is 0. The molecule has 2 aromatic heterocycles. The lowest BCUT2D eigenvalue weighted by Crippen LogP contribution is -2.61. The van der Waals surface area contributed by atoms with Gasteiger partial charge in [0.25, 0.3) is 0 Å². The van der Waals surface area contributed by atoms with Crippen molar-refractivity contribution in [3.8, 4) is 12.1 Å². The van der Waals surface area contributed by atoms with Crippen molar-refractivity contribution in [1.82, 2.24) is 24.5 Å². The largest absolute Gasteiger partial charge is 0.465 e. The summed E-state index contributed by atoms with van der Waals surface area (Å²) in [6, 6.07) is 7.31. The molecule has 2 unspecified atom stereocenters. The summed E-state index contributed by atoms with van der Waals surface area (Å²) in [5, 5.41) is 40.0. The van der Waals surface area contributed by atoms with E-state index in [0.29, 0.717) is 72.5 Å². The predicted molar refractivity (Wildman–Crippen MR) is 143 cm³/mol. The zero-order chi connectivity index (χ0) is 27.7. The Balaban J connectivity index is 1.41. The van der Waals surface area contributed by atoms with Crippen molar-refractivity contribution in [2.45, 2.75) is 44.9 Å². The molecule has 0 saturated carbocycles. The molecule has 2 aliphatic heterocycles. The summed E-state index contributed by atoms with van der Waals surface area (Å²) in [4.78, 5) is 24.3. The molecule has 2 atom stereocenters. The molecule has 0 spiro atoms. The fourth-order valence-electron chi connectivity index (χ4n) is 5.05. The smallest absolute Gasteiger partial charge is 0.407 e. The van der Waals surface area contributed by atoms with Crippen molar-refractivity contribution >= 4 is 46.5 Å². The summed E-state index contributed by atoms with van der Waals surface area (Å²) >= 11 is 6.85. The van der Waals surface area contributed by atoms with Gasteiger partial charge in [0.15, 0.2) is 17.2 Å². The number of carboxylic acid groups (broad SMARTS) is 1. The quantitative estimate of drug-likeness (QED) is 0.394. The zero-order valence-electron chi connectivity index (χ0n) is 21.4. The van der Waals surface area contributed by atoms with Crippen LogP contribution in [-0.2, 0) is 4.74 Å². The van der Waals surface area contributed by atoms with Gasteiger partial charge >= 0.3 is 6.09 Å². The van der Waals surface area contributed by atoms with E-state index in [9.17, 15) is 20.4 Å². The second-order valence-corrected chi connectivity index (χ2v) is 9.79. The number of ether oxygens (including phenoxy) is 1. The third-order valence-electron chi connectivity index (χ3n) is 7.10. The van der Waals surface area contributed by atoms with E-state index in [-0.39, 0.29) is 29.8 Å². The van der Waals surface area contributed by atoms with E-state index in [1.54, 1.807) is 12.1 Å². The Morgan fingerprint density at radius 2 is 2.08 bits per heavy atom. The molecule has 2 fully saturated rings. The maximum Gasteiger partial charge on any atom is 0.407 e. The number of halogens is 1. The fourth-order valence-corrected chi connectivity index (χ4v) is 5.32. The Kier molecular flexibility index (Phi) is 7.28. The standard InChI is InChI=1S/C25H27ClN10O3/c1-3-29-22-23-30-12-17(11-28)36(23)33-24(32-22)31-18-8-15(10-27)9-19(21(18)26)34-6-4-16(5-7-34)35(25(37)38)20-13-39-14(20)2/h8-9,12,14,16,20H,3-7,13H2,1-2H3,(H,37,38)(H2,29,31,32,33). The zero-order valence-corrected chi connectivity index (χ0v) is 22.2. The molecule has 4 heterocycles. The fraction of sp³-hybridized carbons (Fsp3) is 0.440. The number of nitrogens with one attached hydrogen (secondary N) is 2. The number of aromatic nitrogens is 4. The Labute approximate surface area is 229 Å². The average molecular weight is 551 g/mol. The van der Waals surface area contributed by atoms with E-state index < -0.39 is 6.09 Å². The van der Waals surface area contributed by atoms with E-state index in [2.05, 4.69) is 42.7 Å². The van der Waals surface area contributed by atoms with Crippen LogP contribution in [0.5, 0.6) is 0 Å². The topological polar surface area (TPSA) is 168 Å². The van der Waals surface area contributed by atoms with Gasteiger partial charge in [0.2, 0.25) is 5.95 Å². The molecule has 3 N–H and O–H groups in total. The molecule has 2 aliphatic rings. The van der Waals surface area contributed by atoms with Gasteiger partial charge in [-0.05, 0) is 38.8 Å². The van der Waals surface area contributed by atoms with E-state index in [1.165, 1.54) is 15.6 Å². The second kappa shape index (κ2) is 10.8. The van der Waals surface area contributed by atoms with Gasteiger partial charge < -0.3 is 25.4 Å². The summed E-state index contributed by atoms with van der Waals surface area (Å²) in [6.07, 6.45) is 1.61. The van der Waals surface area contributed by atoms with Gasteiger partial charge in [0.05, 0.1) is 53.0 Å². The summed E-state index contributed by atoms with van der Waals surface area (Å²) < 4.78 is 6.80. The lowest BCUT2D eigenvalue weighted by atomic mass is 9.97. The van der Waals surface area contributed by atoms with Gasteiger partial charge in [-0.2, -0.15) is 20.0 Å². The number of nitrogens with zero attached hydrogens (tertiary/aromatic N) is 8. The first-order chi connectivity index (χ1) is 18.8. The minimum Gasteiger partial charge on any atom is -0.465 e. The molecule has 14 heteroatoms. The van der Waals surface area contributed by atoms with Crippen LogP contribution in [0.3, 0.4) is 0 Å². The Bertz CT molecular complexity index is 1490. The number of hydrogen-bond donors (Lipinski definition) is 3. The maximum atomic E-state index is 12.0. The lowest BCUT2D eigenvalue weighted by molar-refractivity contribution is -0.126. The van der Waals surface area contributed by atoms with Crippen LogP contribution < -0.4 is 15.5 Å². The van der Waals surface area contributed by atoms with Gasteiger partial charge in [-0.3, -0.25) is 4.90 Å². The molecule has 0 bridgehead atoms. The van der Waals surface area contributed by atoms with Crippen molar-refractivity contribution in [3.63, 3.8) is 0 Å². The third-order valence-corrected chi connectivity index (χ3v) is 7.50. The Morgan fingerprint density at radius 3 is 2.67 bits per heavy atom. The second-order valence-electron chi connectivity index (χ2n) is 9.41. The molecule has 5 rings (SSSR count). The minimum atomic E-state index is -0.934. The number of benzene rings is 1. The number of nitriles is 2. The molecule has 3 aromatic rings. The van der Waals surface area contributed by atoms with Crippen LogP contribution in [-0.4, -0.2) is 80.1 Å². The normalized spacial score (nSPS) is 19.2. The van der Waals surface area contributed by atoms with Crippen molar-refractivity contribution in [1.29, 1.82) is 10.5 Å². The molecule has 13 nitrogen and oxygen atoms in total. The van der Waals surface area contributed by atoms with Crippen molar-refractivity contribution in [2.75, 3.05) is 41.8 Å². The maximum absolute atomic E-state index is 12.0. The van der Waals surface area contributed by atoms with Gasteiger partial charge in [-0.15, -0.1) is 5.10 Å². The first-order valence-electron chi connectivity index (χ1n) is 12.6. The highest BCUT2D eigenvalue weighted by Crippen LogP contribution is 2.38. The number of piperidine rings is 1. The number of rotatable bonds is 7. The molecule has 1 amide bonds. The summed E-state index contributed by atoms with van der Waals surface area (Å²) in [5.41, 5.74) is 2.14.